The summed E-state index contributed by atoms with van der Waals surface area (Å²) in [5.41, 5.74) is 6.68. The zero-order valence-corrected chi connectivity index (χ0v) is 13.6. The van der Waals surface area contributed by atoms with Crippen molar-refractivity contribution < 1.29 is 0 Å². The Labute approximate surface area is 130 Å². The van der Waals surface area contributed by atoms with Gasteiger partial charge in [-0.2, -0.15) is 0 Å². The van der Waals surface area contributed by atoms with Crippen LogP contribution in [0.4, 0.5) is 0 Å². The first-order valence-electron chi connectivity index (χ1n) is 9.46. The van der Waals surface area contributed by atoms with Gasteiger partial charge in [-0.25, -0.2) is 0 Å². The third-order valence-corrected chi connectivity index (χ3v) is 6.78. The number of hydrogen-bond donors (Lipinski definition) is 1. The van der Waals surface area contributed by atoms with E-state index in [0.29, 0.717) is 5.54 Å². The van der Waals surface area contributed by atoms with E-state index in [2.05, 4.69) is 9.80 Å². The number of piperazine rings is 1. The molecule has 21 heavy (non-hydrogen) atoms. The average molecular weight is 291 g/mol. The highest BCUT2D eigenvalue weighted by Gasteiger charge is 2.45. The Morgan fingerprint density at radius 1 is 0.905 bits per heavy atom. The monoisotopic (exact) mass is 291 g/mol. The fourth-order valence-electron chi connectivity index (χ4n) is 5.03. The first-order valence-corrected chi connectivity index (χ1v) is 9.46. The molecule has 0 spiro atoms. The molecule has 3 aliphatic carbocycles. The van der Waals surface area contributed by atoms with Gasteiger partial charge in [0.1, 0.15) is 0 Å². The summed E-state index contributed by atoms with van der Waals surface area (Å²) >= 11 is 0. The third-order valence-electron chi connectivity index (χ3n) is 6.78. The molecule has 1 saturated heterocycles. The summed E-state index contributed by atoms with van der Waals surface area (Å²) in [5.74, 6) is 3.09. The zero-order chi connectivity index (χ0) is 14.3. The topological polar surface area (TPSA) is 32.5 Å². The van der Waals surface area contributed by atoms with Crippen LogP contribution in [-0.4, -0.2) is 54.6 Å². The number of hydrogen-bond acceptors (Lipinski definition) is 3. The Balaban J connectivity index is 1.36. The number of nitrogens with two attached hydrogens (primary N) is 1. The van der Waals surface area contributed by atoms with E-state index in [1.165, 1.54) is 84.1 Å². The van der Waals surface area contributed by atoms with Crippen molar-refractivity contribution in [3.63, 3.8) is 0 Å². The summed E-state index contributed by atoms with van der Waals surface area (Å²) in [6.07, 6.45) is 11.6. The van der Waals surface area contributed by atoms with Gasteiger partial charge < -0.3 is 10.6 Å². The quantitative estimate of drug-likeness (QED) is 0.844. The number of rotatable bonds is 5. The average Bonchev–Trinajstić information content (AvgIpc) is 3.41. The van der Waals surface area contributed by atoms with Crippen LogP contribution in [0.25, 0.3) is 0 Å². The Kier molecular flexibility index (Phi) is 4.01. The Morgan fingerprint density at radius 3 is 2.29 bits per heavy atom. The summed E-state index contributed by atoms with van der Waals surface area (Å²) in [6.45, 7) is 7.36. The summed E-state index contributed by atoms with van der Waals surface area (Å²) in [7, 11) is 0. The zero-order valence-electron chi connectivity index (χ0n) is 13.6. The second-order valence-electron chi connectivity index (χ2n) is 8.35. The van der Waals surface area contributed by atoms with E-state index < -0.39 is 0 Å². The molecular weight excluding hydrogens is 258 g/mol. The molecular formula is C18H33N3. The van der Waals surface area contributed by atoms with Gasteiger partial charge in [0, 0.05) is 44.8 Å². The van der Waals surface area contributed by atoms with E-state index >= 15 is 0 Å². The second-order valence-corrected chi connectivity index (χ2v) is 8.35. The second kappa shape index (κ2) is 5.82. The van der Waals surface area contributed by atoms with Crippen LogP contribution in [0.2, 0.25) is 0 Å². The molecule has 0 aromatic rings. The van der Waals surface area contributed by atoms with Crippen molar-refractivity contribution in [1.29, 1.82) is 0 Å². The van der Waals surface area contributed by atoms with Gasteiger partial charge in [0.15, 0.2) is 0 Å². The predicted octanol–water partition coefficient (Wildman–Crippen LogP) is 2.31. The standard InChI is InChI=1S/C18H33N3/c19-14-18(7-1-2-17(12-18)16-5-6-16)21-10-8-20(9-11-21)13-15-3-4-15/h15-17H,1-14,19H2. The van der Waals surface area contributed by atoms with Crippen LogP contribution in [0.1, 0.15) is 51.4 Å². The molecule has 3 nitrogen and oxygen atoms in total. The van der Waals surface area contributed by atoms with Crippen LogP contribution in [0.15, 0.2) is 0 Å². The molecule has 0 amide bonds. The highest BCUT2D eigenvalue weighted by molar-refractivity contribution is 5.01. The maximum Gasteiger partial charge on any atom is 0.0335 e. The van der Waals surface area contributed by atoms with Crippen molar-refractivity contribution in [2.24, 2.45) is 23.5 Å². The molecule has 0 aromatic carbocycles. The van der Waals surface area contributed by atoms with Gasteiger partial charge >= 0.3 is 0 Å². The lowest BCUT2D eigenvalue weighted by atomic mass is 9.72. The molecule has 1 heterocycles. The maximum atomic E-state index is 6.32. The van der Waals surface area contributed by atoms with E-state index in [4.69, 9.17) is 5.73 Å². The van der Waals surface area contributed by atoms with E-state index in [9.17, 15) is 0 Å². The normalized spacial score (nSPS) is 39.6. The van der Waals surface area contributed by atoms with Crippen molar-refractivity contribution in [1.82, 2.24) is 9.80 Å². The molecule has 0 radical (unpaired) electrons. The van der Waals surface area contributed by atoms with Gasteiger partial charge in [0.05, 0.1) is 0 Å². The molecule has 3 heteroatoms. The SMILES string of the molecule is NCC1(N2CCN(CC3CC3)CC2)CCCC(C2CC2)C1. The lowest BCUT2D eigenvalue weighted by Crippen LogP contribution is -2.62. The van der Waals surface area contributed by atoms with E-state index in [-0.39, 0.29) is 0 Å². The molecule has 0 aromatic heterocycles. The Bertz CT molecular complexity index is 355. The predicted molar refractivity (Wildman–Crippen MR) is 87.2 cm³/mol. The van der Waals surface area contributed by atoms with Crippen molar-refractivity contribution >= 4 is 0 Å². The van der Waals surface area contributed by atoms with Gasteiger partial charge in [-0.15, -0.1) is 0 Å². The van der Waals surface area contributed by atoms with Crippen LogP contribution in [0.5, 0.6) is 0 Å². The van der Waals surface area contributed by atoms with Gasteiger partial charge in [0.2, 0.25) is 0 Å². The fourth-order valence-corrected chi connectivity index (χ4v) is 5.03. The van der Waals surface area contributed by atoms with Gasteiger partial charge in [-0.1, -0.05) is 12.8 Å². The lowest BCUT2D eigenvalue weighted by Gasteiger charge is -2.51. The molecule has 4 rings (SSSR count). The van der Waals surface area contributed by atoms with Gasteiger partial charge in [-0.3, -0.25) is 4.90 Å². The maximum absolute atomic E-state index is 6.32. The van der Waals surface area contributed by atoms with E-state index in [0.717, 1.165) is 24.3 Å². The molecule has 0 bridgehead atoms. The Morgan fingerprint density at radius 2 is 1.67 bits per heavy atom. The smallest absolute Gasteiger partial charge is 0.0335 e. The largest absolute Gasteiger partial charge is 0.329 e. The van der Waals surface area contributed by atoms with Gasteiger partial charge in [-0.05, 0) is 56.3 Å². The highest BCUT2D eigenvalue weighted by atomic mass is 15.3. The third kappa shape index (κ3) is 3.16. The molecule has 2 atom stereocenters. The highest BCUT2D eigenvalue weighted by Crippen LogP contribution is 2.48. The Hall–Kier alpha value is -0.120. The molecule has 2 unspecified atom stereocenters. The molecule has 120 valence electrons. The van der Waals surface area contributed by atoms with Crippen LogP contribution >= 0.6 is 0 Å². The van der Waals surface area contributed by atoms with Crippen LogP contribution in [0, 0.1) is 17.8 Å². The molecule has 4 fully saturated rings. The van der Waals surface area contributed by atoms with Crippen molar-refractivity contribution in [3.05, 3.63) is 0 Å². The summed E-state index contributed by atoms with van der Waals surface area (Å²) in [4.78, 5) is 5.50. The minimum absolute atomic E-state index is 0.358. The van der Waals surface area contributed by atoms with Crippen molar-refractivity contribution in [2.75, 3.05) is 39.3 Å². The summed E-state index contributed by atoms with van der Waals surface area (Å²) < 4.78 is 0. The number of nitrogens with zero attached hydrogens (tertiary/aromatic N) is 2. The minimum atomic E-state index is 0.358. The van der Waals surface area contributed by atoms with Crippen LogP contribution in [-0.2, 0) is 0 Å². The first-order chi connectivity index (χ1) is 10.3. The van der Waals surface area contributed by atoms with E-state index in [1.54, 1.807) is 0 Å². The lowest BCUT2D eigenvalue weighted by molar-refractivity contribution is -0.00505. The first kappa shape index (κ1) is 14.5. The van der Waals surface area contributed by atoms with Gasteiger partial charge in [0.25, 0.3) is 0 Å². The fraction of sp³-hybridized carbons (Fsp3) is 1.00. The van der Waals surface area contributed by atoms with Crippen molar-refractivity contribution in [2.45, 2.75) is 56.9 Å². The summed E-state index contributed by atoms with van der Waals surface area (Å²) in [5, 5.41) is 0. The molecule has 3 saturated carbocycles. The molecule has 2 N–H and O–H groups in total. The molecule has 1 aliphatic heterocycles. The van der Waals surface area contributed by atoms with Crippen LogP contribution in [0.3, 0.4) is 0 Å². The van der Waals surface area contributed by atoms with Crippen molar-refractivity contribution in [3.8, 4) is 0 Å². The molecule has 4 aliphatic rings. The van der Waals surface area contributed by atoms with E-state index in [1.807, 2.05) is 0 Å². The summed E-state index contributed by atoms with van der Waals surface area (Å²) in [6, 6.07) is 0. The van der Waals surface area contributed by atoms with Crippen LogP contribution < -0.4 is 5.73 Å². The minimum Gasteiger partial charge on any atom is -0.329 e.